The Hall–Kier alpha value is -4.00. The van der Waals surface area contributed by atoms with Crippen molar-refractivity contribution in [3.8, 4) is 5.88 Å². The molecule has 1 aliphatic carbocycles. The highest BCUT2D eigenvalue weighted by Crippen LogP contribution is 2.43. The van der Waals surface area contributed by atoms with Crippen LogP contribution in [-0.4, -0.2) is 53.7 Å². The minimum atomic E-state index is -0.199. The summed E-state index contributed by atoms with van der Waals surface area (Å²) in [6.07, 6.45) is 3.22. The maximum absolute atomic E-state index is 13.5. The van der Waals surface area contributed by atoms with Crippen LogP contribution in [0.5, 0.6) is 5.88 Å². The van der Waals surface area contributed by atoms with E-state index in [4.69, 9.17) is 4.74 Å². The van der Waals surface area contributed by atoms with Gasteiger partial charge in [-0.05, 0) is 54.8 Å². The lowest BCUT2D eigenvalue weighted by Gasteiger charge is -2.46. The molecule has 0 saturated carbocycles. The first-order valence-electron chi connectivity index (χ1n) is 12.1. The Balaban J connectivity index is 1.32. The number of nitrogens with one attached hydrogen (secondary N) is 2. The van der Waals surface area contributed by atoms with Gasteiger partial charge in [0, 0.05) is 66.3 Å². The molecule has 0 radical (unpaired) electrons. The summed E-state index contributed by atoms with van der Waals surface area (Å²) in [5.74, 6) is 0.750. The number of hydrogen-bond acceptors (Lipinski definition) is 4. The van der Waals surface area contributed by atoms with Gasteiger partial charge in [0.15, 0.2) is 0 Å². The normalized spacial score (nSPS) is 20.9. The van der Waals surface area contributed by atoms with Gasteiger partial charge < -0.3 is 24.8 Å². The topological polar surface area (TPSA) is 73.5 Å². The molecule has 2 aromatic carbocycles. The van der Waals surface area contributed by atoms with Crippen molar-refractivity contribution >= 4 is 28.3 Å². The van der Waals surface area contributed by atoms with E-state index < -0.39 is 0 Å². The number of carbonyl (C=O) groups is 1. The van der Waals surface area contributed by atoms with E-state index in [1.165, 1.54) is 16.6 Å². The van der Waals surface area contributed by atoms with Crippen molar-refractivity contribution < 1.29 is 9.53 Å². The van der Waals surface area contributed by atoms with Crippen LogP contribution in [0.3, 0.4) is 0 Å². The molecule has 35 heavy (non-hydrogen) atoms. The fourth-order valence-corrected chi connectivity index (χ4v) is 5.51. The highest BCUT2D eigenvalue weighted by atomic mass is 16.5. The second kappa shape index (κ2) is 8.65. The van der Waals surface area contributed by atoms with Gasteiger partial charge in [-0.25, -0.2) is 9.78 Å². The summed E-state index contributed by atoms with van der Waals surface area (Å²) in [5, 5.41) is 4.34. The highest BCUT2D eigenvalue weighted by molar-refractivity contribution is 5.90. The number of benzene rings is 2. The quantitative estimate of drug-likeness (QED) is 0.442. The first-order valence-corrected chi connectivity index (χ1v) is 12.1. The zero-order valence-corrected chi connectivity index (χ0v) is 19.9. The largest absolute Gasteiger partial charge is 0.472 e. The van der Waals surface area contributed by atoms with Gasteiger partial charge in [0.25, 0.3) is 0 Å². The fraction of sp³-hybridized carbons (Fsp3) is 0.286. The molecule has 0 spiro atoms. The summed E-state index contributed by atoms with van der Waals surface area (Å²) in [7, 11) is 4.00. The lowest BCUT2D eigenvalue weighted by atomic mass is 9.76. The molecule has 6 rings (SSSR count). The zero-order chi connectivity index (χ0) is 23.9. The van der Waals surface area contributed by atoms with Crippen LogP contribution in [0.1, 0.15) is 23.6 Å². The van der Waals surface area contributed by atoms with Gasteiger partial charge >= 0.3 is 6.03 Å². The van der Waals surface area contributed by atoms with E-state index in [-0.39, 0.29) is 24.1 Å². The third kappa shape index (κ3) is 3.97. The van der Waals surface area contributed by atoms with Crippen LogP contribution >= 0.6 is 0 Å². The van der Waals surface area contributed by atoms with E-state index in [2.05, 4.69) is 39.6 Å². The number of amides is 2. The van der Waals surface area contributed by atoms with Crippen molar-refractivity contribution in [1.29, 1.82) is 0 Å². The molecule has 7 nitrogen and oxygen atoms in total. The maximum atomic E-state index is 13.5. The van der Waals surface area contributed by atoms with Gasteiger partial charge in [0.05, 0.1) is 6.54 Å². The number of pyridine rings is 1. The molecule has 1 fully saturated rings. The average Bonchev–Trinajstić information content (AvgIpc) is 3.25. The van der Waals surface area contributed by atoms with E-state index in [1.54, 1.807) is 6.20 Å². The fourth-order valence-electron chi connectivity index (χ4n) is 5.51. The Morgan fingerprint density at radius 1 is 1.09 bits per heavy atom. The first kappa shape index (κ1) is 21.5. The van der Waals surface area contributed by atoms with Crippen molar-refractivity contribution in [2.45, 2.75) is 30.9 Å². The van der Waals surface area contributed by atoms with Crippen molar-refractivity contribution in [2.24, 2.45) is 0 Å². The molecule has 178 valence electrons. The minimum Gasteiger partial charge on any atom is -0.472 e. The number of likely N-dealkylation sites (tertiary alicyclic amines) is 1. The van der Waals surface area contributed by atoms with E-state index in [1.807, 2.05) is 66.4 Å². The molecular formula is C28H29N5O2. The molecule has 2 bridgehead atoms. The number of fused-ring (bicyclic) bond motifs is 6. The zero-order valence-electron chi connectivity index (χ0n) is 19.9. The van der Waals surface area contributed by atoms with Gasteiger partial charge in [-0.3, -0.25) is 0 Å². The smallest absolute Gasteiger partial charge is 0.322 e. The van der Waals surface area contributed by atoms with Gasteiger partial charge in [0.2, 0.25) is 5.88 Å². The van der Waals surface area contributed by atoms with Crippen molar-refractivity contribution in [3.05, 3.63) is 84.2 Å². The summed E-state index contributed by atoms with van der Waals surface area (Å²) in [6, 6.07) is 22.0. The lowest BCUT2D eigenvalue weighted by molar-refractivity contribution is 0.0456. The standard InChI is InChI=1S/C28H29N5O2/c1-32(2)19-12-10-18(11-13-19)30-28(34)33-17-25(35-26-9-5-6-14-29-26)23-16-20(33)15-22-21-7-3-4-8-24(21)31-27(22)23/h3-14,20,23,25,31H,15-17H2,1-2H3,(H,30,34)/t20-,23+,25-/m0/s1. The van der Waals surface area contributed by atoms with E-state index in [9.17, 15) is 4.79 Å². The second-order valence-electron chi connectivity index (χ2n) is 9.61. The predicted octanol–water partition coefficient (Wildman–Crippen LogP) is 5.02. The third-order valence-corrected chi connectivity index (χ3v) is 7.26. The van der Waals surface area contributed by atoms with Crippen LogP contribution in [0.4, 0.5) is 16.2 Å². The molecule has 1 aliphatic heterocycles. The molecule has 2 aliphatic rings. The van der Waals surface area contributed by atoms with Crippen molar-refractivity contribution in [2.75, 3.05) is 30.9 Å². The number of hydrogen-bond donors (Lipinski definition) is 2. The van der Waals surface area contributed by atoms with Crippen molar-refractivity contribution in [1.82, 2.24) is 14.9 Å². The number of carbonyl (C=O) groups excluding carboxylic acids is 1. The highest BCUT2D eigenvalue weighted by Gasteiger charge is 2.45. The monoisotopic (exact) mass is 467 g/mol. The maximum Gasteiger partial charge on any atom is 0.322 e. The summed E-state index contributed by atoms with van der Waals surface area (Å²) in [5.41, 5.74) is 5.55. The van der Waals surface area contributed by atoms with E-state index in [0.29, 0.717) is 12.4 Å². The molecule has 7 heteroatoms. The number of ether oxygens (including phenoxy) is 1. The van der Waals surface area contributed by atoms with Gasteiger partial charge in [-0.15, -0.1) is 0 Å². The lowest BCUT2D eigenvalue weighted by Crippen LogP contribution is -2.57. The molecule has 4 aromatic rings. The molecule has 2 N–H and O–H groups in total. The number of aromatic nitrogens is 2. The summed E-state index contributed by atoms with van der Waals surface area (Å²) in [6.45, 7) is 0.502. The summed E-state index contributed by atoms with van der Waals surface area (Å²) >= 11 is 0. The van der Waals surface area contributed by atoms with Crippen LogP contribution in [-0.2, 0) is 6.42 Å². The average molecular weight is 468 g/mol. The number of para-hydroxylation sites is 1. The van der Waals surface area contributed by atoms with Crippen LogP contribution < -0.4 is 15.0 Å². The van der Waals surface area contributed by atoms with Gasteiger partial charge in [0.1, 0.15) is 6.10 Å². The molecule has 2 aromatic heterocycles. The first-order chi connectivity index (χ1) is 17.1. The van der Waals surface area contributed by atoms with Crippen LogP contribution in [0.2, 0.25) is 0 Å². The predicted molar refractivity (Wildman–Crippen MR) is 138 cm³/mol. The molecule has 0 unspecified atom stereocenters. The van der Waals surface area contributed by atoms with Gasteiger partial charge in [-0.2, -0.15) is 0 Å². The SMILES string of the molecule is CN(C)c1ccc(NC(=O)N2C[C@H](Oc3ccccn3)[C@H]3C[C@@H]2Cc2c3[nH]c3ccccc23)cc1. The Kier molecular flexibility index (Phi) is 5.32. The summed E-state index contributed by atoms with van der Waals surface area (Å²) in [4.78, 5) is 25.6. The van der Waals surface area contributed by atoms with Crippen LogP contribution in [0.25, 0.3) is 10.9 Å². The number of rotatable bonds is 4. The van der Waals surface area contributed by atoms with Gasteiger partial charge in [-0.1, -0.05) is 24.3 Å². The molecular weight excluding hydrogens is 438 g/mol. The Morgan fingerprint density at radius 2 is 1.89 bits per heavy atom. The Morgan fingerprint density at radius 3 is 2.66 bits per heavy atom. The molecule has 1 saturated heterocycles. The Labute approximate surface area is 204 Å². The Bertz CT molecular complexity index is 1350. The number of anilines is 2. The van der Waals surface area contributed by atoms with Crippen LogP contribution in [0, 0.1) is 0 Å². The number of aromatic amines is 1. The molecule has 2 amide bonds. The number of urea groups is 1. The van der Waals surface area contributed by atoms with E-state index in [0.717, 1.165) is 29.7 Å². The number of nitrogens with zero attached hydrogens (tertiary/aromatic N) is 3. The van der Waals surface area contributed by atoms with Crippen molar-refractivity contribution in [3.63, 3.8) is 0 Å². The number of piperidine rings is 1. The molecule has 3 atom stereocenters. The second-order valence-corrected chi connectivity index (χ2v) is 9.61. The molecule has 3 heterocycles. The third-order valence-electron chi connectivity index (χ3n) is 7.26. The summed E-state index contributed by atoms with van der Waals surface area (Å²) < 4.78 is 6.41. The number of H-pyrrole nitrogens is 1. The minimum absolute atomic E-state index is 0.0936. The van der Waals surface area contributed by atoms with Crippen LogP contribution in [0.15, 0.2) is 72.9 Å². The van der Waals surface area contributed by atoms with E-state index >= 15 is 0 Å².